The quantitative estimate of drug-likeness (QED) is 0.912. The van der Waals surface area contributed by atoms with E-state index in [1.54, 1.807) is 0 Å². The third-order valence-corrected chi connectivity index (χ3v) is 3.73. The molecule has 0 aromatic heterocycles. The number of hydrogen-bond donors (Lipinski definition) is 1. The second-order valence-corrected chi connectivity index (χ2v) is 5.00. The normalized spacial score (nSPS) is 20.3. The summed E-state index contributed by atoms with van der Waals surface area (Å²) in [6.07, 6.45) is 1.25. The van der Waals surface area contributed by atoms with Gasteiger partial charge in [0.1, 0.15) is 0 Å². The van der Waals surface area contributed by atoms with Crippen molar-refractivity contribution in [1.29, 1.82) is 0 Å². The molecule has 1 aliphatic rings. The van der Waals surface area contributed by atoms with Crippen molar-refractivity contribution in [3.8, 4) is 0 Å². The Morgan fingerprint density at radius 3 is 2.82 bits per heavy atom. The van der Waals surface area contributed by atoms with Crippen LogP contribution in [-0.4, -0.2) is 31.1 Å². The number of nitrogens with zero attached hydrogens (tertiary/aromatic N) is 1. The summed E-state index contributed by atoms with van der Waals surface area (Å²) in [5.74, 6) is 0. The molecule has 1 aliphatic heterocycles. The molecule has 0 radical (unpaired) electrons. The van der Waals surface area contributed by atoms with Gasteiger partial charge >= 0.3 is 0 Å². The van der Waals surface area contributed by atoms with Crippen LogP contribution in [0.2, 0.25) is 5.02 Å². The lowest BCUT2D eigenvalue weighted by atomic mass is 10.1. The van der Waals surface area contributed by atoms with E-state index in [0.29, 0.717) is 6.04 Å². The van der Waals surface area contributed by atoms with Gasteiger partial charge in [-0.1, -0.05) is 23.7 Å². The number of rotatable bonds is 3. The highest BCUT2D eigenvalue weighted by atomic mass is 35.5. The lowest BCUT2D eigenvalue weighted by Crippen LogP contribution is -2.29. The van der Waals surface area contributed by atoms with Gasteiger partial charge in [0, 0.05) is 30.7 Å². The van der Waals surface area contributed by atoms with Crippen molar-refractivity contribution < 1.29 is 0 Å². The van der Waals surface area contributed by atoms with Gasteiger partial charge in [0.2, 0.25) is 0 Å². The lowest BCUT2D eigenvalue weighted by molar-refractivity contribution is 0.322. The molecule has 0 amide bonds. The Bertz CT molecular complexity index is 368. The smallest absolute Gasteiger partial charge is 0.0438 e. The van der Waals surface area contributed by atoms with E-state index in [1.807, 2.05) is 14.0 Å². The first kappa shape index (κ1) is 14.8. The SMILES string of the molecule is CNC1CCN(Cc2ccc(C)c(Cl)c2)C1.Cl. The maximum atomic E-state index is 6.12. The molecule has 0 aliphatic carbocycles. The topological polar surface area (TPSA) is 15.3 Å². The van der Waals surface area contributed by atoms with Crippen LogP contribution in [-0.2, 0) is 6.54 Å². The molecular formula is C13H20Cl2N2. The average molecular weight is 275 g/mol. The summed E-state index contributed by atoms with van der Waals surface area (Å²) in [6, 6.07) is 7.02. The van der Waals surface area contributed by atoms with Gasteiger partial charge in [0.15, 0.2) is 0 Å². The minimum atomic E-state index is 0. The van der Waals surface area contributed by atoms with Crippen molar-refractivity contribution in [2.45, 2.75) is 25.9 Å². The highest BCUT2D eigenvalue weighted by Crippen LogP contribution is 2.19. The minimum absolute atomic E-state index is 0. The van der Waals surface area contributed by atoms with Crippen molar-refractivity contribution in [3.05, 3.63) is 34.3 Å². The van der Waals surface area contributed by atoms with Gasteiger partial charge in [0.25, 0.3) is 0 Å². The number of likely N-dealkylation sites (tertiary alicyclic amines) is 1. The standard InChI is InChI=1S/C13H19ClN2.ClH/c1-10-3-4-11(7-13(10)14)8-16-6-5-12(9-16)15-2;/h3-4,7,12,15H,5-6,8-9H2,1-2H3;1H. The minimum Gasteiger partial charge on any atom is -0.316 e. The van der Waals surface area contributed by atoms with Gasteiger partial charge in [-0.2, -0.15) is 0 Å². The van der Waals surface area contributed by atoms with E-state index in [0.717, 1.165) is 23.7 Å². The van der Waals surface area contributed by atoms with Gasteiger partial charge in [-0.15, -0.1) is 12.4 Å². The molecule has 4 heteroatoms. The molecule has 0 spiro atoms. The summed E-state index contributed by atoms with van der Waals surface area (Å²) in [7, 11) is 2.04. The Morgan fingerprint density at radius 2 is 2.24 bits per heavy atom. The summed E-state index contributed by atoms with van der Waals surface area (Å²) in [5.41, 5.74) is 2.47. The molecule has 1 fully saturated rings. The number of benzene rings is 1. The van der Waals surface area contributed by atoms with Crippen LogP contribution in [0.5, 0.6) is 0 Å². The second kappa shape index (κ2) is 6.60. The third kappa shape index (κ3) is 3.85. The summed E-state index contributed by atoms with van der Waals surface area (Å²) in [6.45, 7) is 5.37. The first-order chi connectivity index (χ1) is 7.69. The maximum Gasteiger partial charge on any atom is 0.0438 e. The largest absolute Gasteiger partial charge is 0.316 e. The van der Waals surface area contributed by atoms with E-state index in [-0.39, 0.29) is 12.4 Å². The van der Waals surface area contributed by atoms with E-state index in [1.165, 1.54) is 18.5 Å². The van der Waals surface area contributed by atoms with Gasteiger partial charge in [-0.05, 0) is 37.6 Å². The molecule has 1 atom stereocenters. The Labute approximate surface area is 115 Å². The zero-order valence-electron chi connectivity index (χ0n) is 10.4. The Kier molecular flexibility index (Phi) is 5.74. The maximum absolute atomic E-state index is 6.12. The molecule has 17 heavy (non-hydrogen) atoms. The first-order valence-electron chi connectivity index (χ1n) is 5.83. The molecule has 1 aromatic rings. The monoisotopic (exact) mass is 274 g/mol. The fraction of sp³-hybridized carbons (Fsp3) is 0.538. The van der Waals surface area contributed by atoms with Crippen LogP contribution >= 0.6 is 24.0 Å². The molecule has 1 N–H and O–H groups in total. The average Bonchev–Trinajstić information content (AvgIpc) is 2.71. The molecule has 0 saturated carbocycles. The van der Waals surface area contributed by atoms with Crippen LogP contribution in [0.15, 0.2) is 18.2 Å². The zero-order chi connectivity index (χ0) is 11.5. The molecule has 1 saturated heterocycles. The lowest BCUT2D eigenvalue weighted by Gasteiger charge is -2.16. The van der Waals surface area contributed by atoms with E-state index < -0.39 is 0 Å². The predicted molar refractivity (Wildman–Crippen MR) is 76.2 cm³/mol. The van der Waals surface area contributed by atoms with E-state index in [2.05, 4.69) is 28.4 Å². The molecule has 1 heterocycles. The van der Waals surface area contributed by atoms with Crippen molar-refractivity contribution in [2.75, 3.05) is 20.1 Å². The molecule has 0 bridgehead atoms. The molecule has 2 rings (SSSR count). The first-order valence-corrected chi connectivity index (χ1v) is 6.21. The van der Waals surface area contributed by atoms with Crippen LogP contribution in [0, 0.1) is 6.92 Å². The molecule has 96 valence electrons. The fourth-order valence-corrected chi connectivity index (χ4v) is 2.41. The Morgan fingerprint density at radius 1 is 1.47 bits per heavy atom. The number of hydrogen-bond acceptors (Lipinski definition) is 2. The summed E-state index contributed by atoms with van der Waals surface area (Å²) < 4.78 is 0. The Balaban J connectivity index is 0.00000144. The Hall–Kier alpha value is -0.280. The van der Waals surface area contributed by atoms with E-state index >= 15 is 0 Å². The number of halogens is 2. The summed E-state index contributed by atoms with van der Waals surface area (Å²) in [5, 5.41) is 4.21. The van der Waals surface area contributed by atoms with Crippen molar-refractivity contribution in [3.63, 3.8) is 0 Å². The van der Waals surface area contributed by atoms with Gasteiger partial charge in [0.05, 0.1) is 0 Å². The predicted octanol–water partition coefficient (Wildman–Crippen LogP) is 2.86. The van der Waals surface area contributed by atoms with Crippen LogP contribution in [0.25, 0.3) is 0 Å². The van der Waals surface area contributed by atoms with Crippen LogP contribution in [0.3, 0.4) is 0 Å². The number of likely N-dealkylation sites (N-methyl/N-ethyl adjacent to an activating group) is 1. The molecular weight excluding hydrogens is 255 g/mol. The van der Waals surface area contributed by atoms with E-state index in [9.17, 15) is 0 Å². The summed E-state index contributed by atoms with van der Waals surface area (Å²) >= 11 is 6.12. The summed E-state index contributed by atoms with van der Waals surface area (Å²) in [4.78, 5) is 2.47. The highest BCUT2D eigenvalue weighted by Gasteiger charge is 2.20. The van der Waals surface area contributed by atoms with Crippen molar-refractivity contribution >= 4 is 24.0 Å². The van der Waals surface area contributed by atoms with Crippen LogP contribution < -0.4 is 5.32 Å². The molecule has 1 unspecified atom stereocenters. The molecule has 2 nitrogen and oxygen atoms in total. The van der Waals surface area contributed by atoms with Crippen molar-refractivity contribution in [1.82, 2.24) is 10.2 Å². The molecule has 1 aromatic carbocycles. The zero-order valence-corrected chi connectivity index (χ0v) is 11.9. The van der Waals surface area contributed by atoms with Gasteiger partial charge in [-0.25, -0.2) is 0 Å². The van der Waals surface area contributed by atoms with Gasteiger partial charge < -0.3 is 5.32 Å². The second-order valence-electron chi connectivity index (χ2n) is 4.59. The third-order valence-electron chi connectivity index (χ3n) is 3.32. The van der Waals surface area contributed by atoms with Crippen molar-refractivity contribution in [2.24, 2.45) is 0 Å². The van der Waals surface area contributed by atoms with E-state index in [4.69, 9.17) is 11.6 Å². The fourth-order valence-electron chi connectivity index (χ4n) is 2.20. The number of aryl methyl sites for hydroxylation is 1. The van der Waals surface area contributed by atoms with Crippen LogP contribution in [0.1, 0.15) is 17.5 Å². The van der Waals surface area contributed by atoms with Crippen LogP contribution in [0.4, 0.5) is 0 Å². The highest BCUT2D eigenvalue weighted by molar-refractivity contribution is 6.31. The number of nitrogens with one attached hydrogen (secondary N) is 1. The van der Waals surface area contributed by atoms with Gasteiger partial charge in [-0.3, -0.25) is 4.90 Å².